The lowest BCUT2D eigenvalue weighted by atomic mass is 9.47. The van der Waals surface area contributed by atoms with E-state index in [4.69, 9.17) is 6.58 Å². The molecule has 0 aliphatic heterocycles. The molecule has 0 amide bonds. The van der Waals surface area contributed by atoms with E-state index in [9.17, 15) is 0 Å². The van der Waals surface area contributed by atoms with Gasteiger partial charge in [0.25, 0.3) is 0 Å². The van der Waals surface area contributed by atoms with Crippen LogP contribution in [-0.2, 0) is 0 Å². The predicted octanol–water partition coefficient (Wildman–Crippen LogP) is 7.73. The van der Waals surface area contributed by atoms with Gasteiger partial charge in [-0.05, 0) is 100 Å². The Morgan fingerprint density at radius 1 is 1.26 bits per heavy atom. The predicted molar refractivity (Wildman–Crippen MR) is 118 cm³/mol. The SMILES string of the molecule is C=C1CC2(CC)C(CCC2(C)C#CC)C2CC=C3C=C(C)CCC3C12.CC. The van der Waals surface area contributed by atoms with Gasteiger partial charge in [0.15, 0.2) is 0 Å². The molecule has 0 spiro atoms. The minimum absolute atomic E-state index is 0.183. The Morgan fingerprint density at radius 2 is 2.00 bits per heavy atom. The highest BCUT2D eigenvalue weighted by molar-refractivity contribution is 5.37. The molecule has 0 heterocycles. The van der Waals surface area contributed by atoms with Crippen LogP contribution in [0, 0.1) is 46.3 Å². The van der Waals surface area contributed by atoms with E-state index in [2.05, 4.69) is 44.8 Å². The third-order valence-electron chi connectivity index (χ3n) is 8.54. The van der Waals surface area contributed by atoms with Crippen molar-refractivity contribution >= 4 is 0 Å². The van der Waals surface area contributed by atoms with Crippen molar-refractivity contribution in [3.63, 3.8) is 0 Å². The van der Waals surface area contributed by atoms with E-state index < -0.39 is 0 Å². The van der Waals surface area contributed by atoms with Crippen molar-refractivity contribution in [2.24, 2.45) is 34.5 Å². The summed E-state index contributed by atoms with van der Waals surface area (Å²) in [6.45, 7) is 17.9. The van der Waals surface area contributed by atoms with Crippen molar-refractivity contribution in [2.45, 2.75) is 86.5 Å². The zero-order chi connectivity index (χ0) is 19.8. The average molecular weight is 365 g/mol. The van der Waals surface area contributed by atoms with Gasteiger partial charge in [-0.3, -0.25) is 0 Å². The molecule has 148 valence electrons. The van der Waals surface area contributed by atoms with Crippen molar-refractivity contribution in [1.29, 1.82) is 0 Å². The van der Waals surface area contributed by atoms with E-state index in [0.29, 0.717) is 5.41 Å². The monoisotopic (exact) mass is 364 g/mol. The molecule has 0 aromatic heterocycles. The van der Waals surface area contributed by atoms with Crippen LogP contribution in [0.5, 0.6) is 0 Å². The second-order valence-corrected chi connectivity index (χ2v) is 9.46. The maximum Gasteiger partial charge on any atom is 0.0348 e. The molecule has 0 saturated heterocycles. The zero-order valence-electron chi connectivity index (χ0n) is 18.6. The van der Waals surface area contributed by atoms with Crippen LogP contribution in [0.3, 0.4) is 0 Å². The summed E-state index contributed by atoms with van der Waals surface area (Å²) < 4.78 is 0. The highest BCUT2D eigenvalue weighted by atomic mass is 14.7. The van der Waals surface area contributed by atoms with Gasteiger partial charge in [-0.1, -0.05) is 56.6 Å². The summed E-state index contributed by atoms with van der Waals surface area (Å²) in [4.78, 5) is 0. The standard InChI is InChI=1S/C25H34.C2H6/c1-6-13-24(5)14-12-22-21-11-9-19-15-17(3)8-10-20(19)23(21)18(4)16-25(22,24)7-2;1-2/h9,15,20-23H,4,7-8,10-12,14,16H2,1-3,5H3;1-2H3. The molecule has 4 aliphatic carbocycles. The molecule has 0 bridgehead atoms. The summed E-state index contributed by atoms with van der Waals surface area (Å²) in [6, 6.07) is 0. The Hall–Kier alpha value is -1.22. The summed E-state index contributed by atoms with van der Waals surface area (Å²) in [5.74, 6) is 10.1. The lowest BCUT2D eigenvalue weighted by molar-refractivity contribution is -0.00751. The Kier molecular flexibility index (Phi) is 5.82. The normalized spacial score (nSPS) is 42.2. The Balaban J connectivity index is 0.00000102. The summed E-state index contributed by atoms with van der Waals surface area (Å²) >= 11 is 0. The molecule has 0 radical (unpaired) electrons. The number of hydrogen-bond donors (Lipinski definition) is 0. The molecule has 4 aliphatic rings. The average Bonchev–Trinajstić information content (AvgIpc) is 2.96. The molecule has 4 rings (SSSR count). The van der Waals surface area contributed by atoms with Crippen LogP contribution in [0.1, 0.15) is 86.5 Å². The quantitative estimate of drug-likeness (QED) is 0.330. The fourth-order valence-electron chi connectivity index (χ4n) is 7.42. The van der Waals surface area contributed by atoms with Crippen molar-refractivity contribution in [2.75, 3.05) is 0 Å². The topological polar surface area (TPSA) is 0 Å². The van der Waals surface area contributed by atoms with Crippen LogP contribution in [0.25, 0.3) is 0 Å². The van der Waals surface area contributed by atoms with E-state index in [-0.39, 0.29) is 5.41 Å². The summed E-state index contributed by atoms with van der Waals surface area (Å²) in [5.41, 5.74) is 5.29. The second kappa shape index (κ2) is 7.66. The number of rotatable bonds is 1. The van der Waals surface area contributed by atoms with Gasteiger partial charge in [-0.2, -0.15) is 0 Å². The van der Waals surface area contributed by atoms with Crippen LogP contribution >= 0.6 is 0 Å². The smallest absolute Gasteiger partial charge is 0.0348 e. The van der Waals surface area contributed by atoms with Crippen LogP contribution in [0.2, 0.25) is 0 Å². The van der Waals surface area contributed by atoms with Gasteiger partial charge in [-0.25, -0.2) is 0 Å². The molecule has 0 nitrogen and oxygen atoms in total. The molecule has 0 aromatic rings. The Labute approximate surface area is 168 Å². The fourth-order valence-corrected chi connectivity index (χ4v) is 7.42. The molecule has 6 atom stereocenters. The first-order valence-electron chi connectivity index (χ1n) is 11.4. The fraction of sp³-hybridized carbons (Fsp3) is 0.704. The van der Waals surface area contributed by atoms with Crippen LogP contribution in [0.15, 0.2) is 35.5 Å². The Bertz CT molecular complexity index is 708. The highest BCUT2D eigenvalue weighted by Gasteiger charge is 2.62. The number of hydrogen-bond acceptors (Lipinski definition) is 0. The van der Waals surface area contributed by atoms with E-state index in [1.54, 1.807) is 16.7 Å². The van der Waals surface area contributed by atoms with E-state index >= 15 is 0 Å². The third-order valence-corrected chi connectivity index (χ3v) is 8.54. The summed E-state index contributed by atoms with van der Waals surface area (Å²) in [6.07, 6.45) is 14.1. The molecule has 27 heavy (non-hydrogen) atoms. The van der Waals surface area contributed by atoms with Crippen LogP contribution < -0.4 is 0 Å². The van der Waals surface area contributed by atoms with Gasteiger partial charge < -0.3 is 0 Å². The maximum atomic E-state index is 4.69. The van der Waals surface area contributed by atoms with Gasteiger partial charge in [0.1, 0.15) is 0 Å². The molecule has 0 heteroatoms. The van der Waals surface area contributed by atoms with Crippen molar-refractivity contribution in [3.8, 4) is 11.8 Å². The van der Waals surface area contributed by atoms with E-state index in [0.717, 1.165) is 23.7 Å². The molecule has 2 saturated carbocycles. The molecule has 0 N–H and O–H groups in total. The first-order valence-corrected chi connectivity index (χ1v) is 11.4. The summed E-state index contributed by atoms with van der Waals surface area (Å²) in [7, 11) is 0. The molecular formula is C27H40. The van der Waals surface area contributed by atoms with Crippen LogP contribution in [-0.4, -0.2) is 0 Å². The van der Waals surface area contributed by atoms with Crippen molar-refractivity contribution < 1.29 is 0 Å². The molecule has 2 fully saturated rings. The second-order valence-electron chi connectivity index (χ2n) is 9.46. The minimum Gasteiger partial charge on any atom is -0.106 e. The highest BCUT2D eigenvalue weighted by Crippen LogP contribution is 2.69. The van der Waals surface area contributed by atoms with E-state index in [1.165, 1.54) is 44.9 Å². The largest absolute Gasteiger partial charge is 0.106 e. The molecule has 0 aromatic carbocycles. The molecule has 6 unspecified atom stereocenters. The Morgan fingerprint density at radius 3 is 2.67 bits per heavy atom. The van der Waals surface area contributed by atoms with Crippen molar-refractivity contribution in [3.05, 3.63) is 35.5 Å². The molecular weight excluding hydrogens is 324 g/mol. The van der Waals surface area contributed by atoms with Gasteiger partial charge in [0.2, 0.25) is 0 Å². The number of fused-ring (bicyclic) bond motifs is 5. The van der Waals surface area contributed by atoms with Crippen LogP contribution in [0.4, 0.5) is 0 Å². The third kappa shape index (κ3) is 2.97. The van der Waals surface area contributed by atoms with Gasteiger partial charge in [0.05, 0.1) is 0 Å². The summed E-state index contributed by atoms with van der Waals surface area (Å²) in [5, 5.41) is 0. The minimum atomic E-state index is 0.183. The zero-order valence-corrected chi connectivity index (χ0v) is 18.6. The van der Waals surface area contributed by atoms with Crippen molar-refractivity contribution in [1.82, 2.24) is 0 Å². The first-order chi connectivity index (χ1) is 13.0. The van der Waals surface area contributed by atoms with E-state index in [1.807, 2.05) is 20.8 Å². The van der Waals surface area contributed by atoms with Gasteiger partial charge in [0, 0.05) is 5.41 Å². The van der Waals surface area contributed by atoms with Gasteiger partial charge in [-0.15, -0.1) is 5.92 Å². The maximum absolute atomic E-state index is 4.69. The number of allylic oxidation sites excluding steroid dienone is 5. The first kappa shape index (κ1) is 20.5. The van der Waals surface area contributed by atoms with Gasteiger partial charge >= 0.3 is 0 Å². The lowest BCUT2D eigenvalue weighted by Gasteiger charge is -2.56. The lowest BCUT2D eigenvalue weighted by Crippen LogP contribution is -2.50.